The summed E-state index contributed by atoms with van der Waals surface area (Å²) < 4.78 is 2.02. The average molecular weight is 274 g/mol. The van der Waals surface area contributed by atoms with Gasteiger partial charge in [0.15, 0.2) is 5.82 Å². The summed E-state index contributed by atoms with van der Waals surface area (Å²) in [6.07, 6.45) is 6.80. The lowest BCUT2D eigenvalue weighted by atomic mass is 10.1. The molecular weight excluding hydrogens is 256 g/mol. The van der Waals surface area contributed by atoms with Crippen LogP contribution in [0.2, 0.25) is 0 Å². The highest BCUT2D eigenvalue weighted by Crippen LogP contribution is 2.30. The second kappa shape index (κ2) is 5.25. The molecule has 0 amide bonds. The van der Waals surface area contributed by atoms with Gasteiger partial charge in [-0.2, -0.15) is 11.8 Å². The molecule has 0 saturated carbocycles. The second-order valence-corrected chi connectivity index (χ2v) is 6.32. The van der Waals surface area contributed by atoms with Crippen LogP contribution in [0, 0.1) is 6.92 Å². The minimum Gasteiger partial charge on any atom is -0.378 e. The zero-order chi connectivity index (χ0) is 13.2. The Bertz CT molecular complexity index is 566. The number of nitrogens with zero attached hydrogens (tertiary/aromatic N) is 3. The molecule has 2 atom stereocenters. The van der Waals surface area contributed by atoms with Crippen molar-refractivity contribution in [3.05, 3.63) is 36.5 Å². The van der Waals surface area contributed by atoms with E-state index in [4.69, 9.17) is 0 Å². The number of hydrogen-bond acceptors (Lipinski definition) is 4. The van der Waals surface area contributed by atoms with E-state index in [9.17, 15) is 0 Å². The summed E-state index contributed by atoms with van der Waals surface area (Å²) in [4.78, 5) is 8.77. The summed E-state index contributed by atoms with van der Waals surface area (Å²) in [6, 6.07) is 4.60. The van der Waals surface area contributed by atoms with Crippen molar-refractivity contribution in [1.29, 1.82) is 0 Å². The number of nitrogens with one attached hydrogen (secondary N) is 1. The Morgan fingerprint density at radius 2 is 2.26 bits per heavy atom. The van der Waals surface area contributed by atoms with Crippen molar-refractivity contribution in [3.8, 4) is 5.82 Å². The number of imidazole rings is 1. The number of pyridine rings is 1. The van der Waals surface area contributed by atoms with Crippen LogP contribution in [-0.2, 0) is 0 Å². The Morgan fingerprint density at radius 3 is 2.95 bits per heavy atom. The van der Waals surface area contributed by atoms with Gasteiger partial charge in [-0.3, -0.25) is 4.57 Å². The predicted molar refractivity (Wildman–Crippen MR) is 80.0 cm³/mol. The molecule has 1 aliphatic rings. The van der Waals surface area contributed by atoms with Crippen LogP contribution in [0.25, 0.3) is 5.82 Å². The Kier molecular flexibility index (Phi) is 3.46. The van der Waals surface area contributed by atoms with E-state index in [-0.39, 0.29) is 0 Å². The summed E-state index contributed by atoms with van der Waals surface area (Å²) in [5.41, 5.74) is 1.09. The van der Waals surface area contributed by atoms with Crippen LogP contribution in [-0.4, -0.2) is 31.6 Å². The largest absolute Gasteiger partial charge is 0.378 e. The molecular formula is C14H18N4S. The number of rotatable bonds is 3. The van der Waals surface area contributed by atoms with Crippen molar-refractivity contribution in [2.75, 3.05) is 11.1 Å². The van der Waals surface area contributed by atoms with Crippen molar-refractivity contribution in [1.82, 2.24) is 14.5 Å². The molecule has 2 unspecified atom stereocenters. The molecule has 3 rings (SSSR count). The van der Waals surface area contributed by atoms with Gasteiger partial charge in [0.25, 0.3) is 0 Å². The zero-order valence-corrected chi connectivity index (χ0v) is 12.0. The van der Waals surface area contributed by atoms with E-state index in [2.05, 4.69) is 28.3 Å². The Morgan fingerprint density at radius 1 is 1.37 bits per heavy atom. The van der Waals surface area contributed by atoms with E-state index >= 15 is 0 Å². The molecule has 2 aromatic rings. The average Bonchev–Trinajstić information content (AvgIpc) is 3.00. The van der Waals surface area contributed by atoms with Crippen molar-refractivity contribution >= 4 is 17.4 Å². The van der Waals surface area contributed by atoms with Crippen LogP contribution in [0.4, 0.5) is 5.69 Å². The molecule has 5 heteroatoms. The van der Waals surface area contributed by atoms with Crippen molar-refractivity contribution in [2.24, 2.45) is 0 Å². The maximum atomic E-state index is 4.50. The molecule has 4 nitrogen and oxygen atoms in total. The predicted octanol–water partition coefficient (Wildman–Crippen LogP) is 2.88. The fourth-order valence-electron chi connectivity index (χ4n) is 2.42. The highest BCUT2D eigenvalue weighted by atomic mass is 32.2. The molecule has 1 N–H and O–H groups in total. The second-order valence-electron chi connectivity index (χ2n) is 4.83. The highest BCUT2D eigenvalue weighted by Gasteiger charge is 2.24. The van der Waals surface area contributed by atoms with Gasteiger partial charge in [0.1, 0.15) is 5.82 Å². The molecule has 1 fully saturated rings. The maximum absolute atomic E-state index is 4.50. The number of thioether (sulfide) groups is 1. The lowest BCUT2D eigenvalue weighted by molar-refractivity contribution is 0.721. The first-order valence-corrected chi connectivity index (χ1v) is 7.64. The Labute approximate surface area is 117 Å². The van der Waals surface area contributed by atoms with E-state index < -0.39 is 0 Å². The topological polar surface area (TPSA) is 42.7 Å². The SMILES string of the molecule is Cc1nccn1-c1ncccc1NC1CCSC1C. The first-order valence-electron chi connectivity index (χ1n) is 6.59. The van der Waals surface area contributed by atoms with Gasteiger partial charge in [-0.1, -0.05) is 6.92 Å². The summed E-state index contributed by atoms with van der Waals surface area (Å²) in [5.74, 6) is 3.12. The lowest BCUT2D eigenvalue weighted by Crippen LogP contribution is -2.25. The molecule has 2 aromatic heterocycles. The van der Waals surface area contributed by atoms with Gasteiger partial charge in [0, 0.05) is 29.9 Å². The van der Waals surface area contributed by atoms with E-state index in [1.807, 2.05) is 47.9 Å². The maximum Gasteiger partial charge on any atom is 0.161 e. The number of hydrogen-bond donors (Lipinski definition) is 1. The third-order valence-corrected chi connectivity index (χ3v) is 4.88. The van der Waals surface area contributed by atoms with E-state index in [0.29, 0.717) is 11.3 Å². The minimum absolute atomic E-state index is 0.525. The normalized spacial score (nSPS) is 22.6. The monoisotopic (exact) mass is 274 g/mol. The van der Waals surface area contributed by atoms with Crippen LogP contribution >= 0.6 is 11.8 Å². The van der Waals surface area contributed by atoms with Crippen molar-refractivity contribution in [3.63, 3.8) is 0 Å². The van der Waals surface area contributed by atoms with Crippen LogP contribution in [0.15, 0.2) is 30.7 Å². The lowest BCUT2D eigenvalue weighted by Gasteiger charge is -2.20. The van der Waals surface area contributed by atoms with Gasteiger partial charge < -0.3 is 5.32 Å². The third-order valence-electron chi connectivity index (χ3n) is 3.56. The first kappa shape index (κ1) is 12.5. The molecule has 0 radical (unpaired) electrons. The molecule has 1 saturated heterocycles. The number of anilines is 1. The van der Waals surface area contributed by atoms with Gasteiger partial charge in [0.2, 0.25) is 0 Å². The highest BCUT2D eigenvalue weighted by molar-refractivity contribution is 8.00. The summed E-state index contributed by atoms with van der Waals surface area (Å²) >= 11 is 2.03. The van der Waals surface area contributed by atoms with Gasteiger partial charge in [-0.05, 0) is 31.2 Å². The standard InChI is InChI=1S/C14H18N4S/c1-10-12(5-9-19-10)17-13-4-3-6-16-14(13)18-8-7-15-11(18)2/h3-4,6-8,10,12,17H,5,9H2,1-2H3. The van der Waals surface area contributed by atoms with Gasteiger partial charge in [-0.15, -0.1) is 0 Å². The van der Waals surface area contributed by atoms with E-state index in [1.165, 1.54) is 12.2 Å². The van der Waals surface area contributed by atoms with E-state index in [1.54, 1.807) is 0 Å². The van der Waals surface area contributed by atoms with Crippen molar-refractivity contribution in [2.45, 2.75) is 31.6 Å². The first-order chi connectivity index (χ1) is 9.25. The summed E-state index contributed by atoms with van der Waals surface area (Å²) in [7, 11) is 0. The Hall–Kier alpha value is -1.49. The van der Waals surface area contributed by atoms with Crippen LogP contribution in [0.1, 0.15) is 19.2 Å². The molecule has 0 aromatic carbocycles. The minimum atomic E-state index is 0.525. The third kappa shape index (κ3) is 2.47. The van der Waals surface area contributed by atoms with E-state index in [0.717, 1.165) is 17.3 Å². The summed E-state index contributed by atoms with van der Waals surface area (Å²) in [5, 5.41) is 4.29. The van der Waals surface area contributed by atoms with Gasteiger partial charge >= 0.3 is 0 Å². The molecule has 0 bridgehead atoms. The fourth-order valence-corrected chi connectivity index (χ4v) is 3.62. The molecule has 0 aliphatic carbocycles. The number of aromatic nitrogens is 3. The smallest absolute Gasteiger partial charge is 0.161 e. The van der Waals surface area contributed by atoms with Gasteiger partial charge in [-0.25, -0.2) is 9.97 Å². The Balaban J connectivity index is 1.92. The van der Waals surface area contributed by atoms with Crippen LogP contribution in [0.3, 0.4) is 0 Å². The molecule has 1 aliphatic heterocycles. The molecule has 0 spiro atoms. The fraction of sp³-hybridized carbons (Fsp3) is 0.429. The van der Waals surface area contributed by atoms with Crippen molar-refractivity contribution < 1.29 is 0 Å². The van der Waals surface area contributed by atoms with Crippen LogP contribution in [0.5, 0.6) is 0 Å². The quantitative estimate of drug-likeness (QED) is 0.934. The van der Waals surface area contributed by atoms with Gasteiger partial charge in [0.05, 0.1) is 5.69 Å². The van der Waals surface area contributed by atoms with Crippen LogP contribution < -0.4 is 5.32 Å². The summed E-state index contributed by atoms with van der Waals surface area (Å²) in [6.45, 7) is 4.28. The molecule has 19 heavy (non-hydrogen) atoms. The number of aryl methyl sites for hydroxylation is 1. The molecule has 3 heterocycles. The molecule has 100 valence electrons. The zero-order valence-electron chi connectivity index (χ0n) is 11.2.